The van der Waals surface area contributed by atoms with Gasteiger partial charge in [0.1, 0.15) is 0 Å². The van der Waals surface area contributed by atoms with Gasteiger partial charge in [0.2, 0.25) is 0 Å². The number of benzene rings is 2. The summed E-state index contributed by atoms with van der Waals surface area (Å²) in [5.74, 6) is -1.04. The highest BCUT2D eigenvalue weighted by molar-refractivity contribution is 6.31. The van der Waals surface area contributed by atoms with Gasteiger partial charge in [-0.2, -0.15) is 0 Å². The van der Waals surface area contributed by atoms with Gasteiger partial charge in [0.25, 0.3) is 0 Å². The number of anilines is 2. The Labute approximate surface area is 120 Å². The van der Waals surface area contributed by atoms with Crippen molar-refractivity contribution in [2.24, 2.45) is 0 Å². The van der Waals surface area contributed by atoms with Crippen LogP contribution in [-0.2, 0) is 0 Å². The molecule has 0 amide bonds. The molecule has 2 aromatic carbocycles. The van der Waals surface area contributed by atoms with Gasteiger partial charge < -0.3 is 10.4 Å². The number of nitrogens with one attached hydrogen (secondary N) is 1. The van der Waals surface area contributed by atoms with Gasteiger partial charge in [0.05, 0.1) is 11.3 Å². The maximum absolute atomic E-state index is 11.2. The van der Waals surface area contributed by atoms with E-state index in [4.69, 9.17) is 28.3 Å². The molecule has 2 rings (SSSR count). The Balaban J connectivity index is 2.43. The molecule has 0 radical (unpaired) electrons. The minimum atomic E-state index is -1.04. The highest BCUT2D eigenvalue weighted by Gasteiger charge is 2.11. The van der Waals surface area contributed by atoms with Gasteiger partial charge >= 0.3 is 5.97 Å². The van der Waals surface area contributed by atoms with Crippen LogP contribution in [0.25, 0.3) is 0 Å². The fourth-order valence-corrected chi connectivity index (χ4v) is 2.02. The highest BCUT2D eigenvalue weighted by atomic mass is 35.5. The van der Waals surface area contributed by atoms with Crippen LogP contribution >= 0.6 is 23.2 Å². The summed E-state index contributed by atoms with van der Waals surface area (Å²) >= 11 is 11.7. The van der Waals surface area contributed by atoms with Crippen LogP contribution in [0.1, 0.15) is 15.9 Å². The minimum absolute atomic E-state index is 0.117. The van der Waals surface area contributed by atoms with Gasteiger partial charge in [-0.1, -0.05) is 29.3 Å². The van der Waals surface area contributed by atoms with Crippen LogP contribution in [0.4, 0.5) is 11.4 Å². The third-order valence-corrected chi connectivity index (χ3v) is 3.15. The van der Waals surface area contributed by atoms with E-state index in [0.29, 0.717) is 15.7 Å². The zero-order valence-corrected chi connectivity index (χ0v) is 11.6. The quantitative estimate of drug-likeness (QED) is 0.859. The van der Waals surface area contributed by atoms with Crippen molar-refractivity contribution < 1.29 is 9.90 Å². The lowest BCUT2D eigenvalue weighted by Crippen LogP contribution is -2.03. The summed E-state index contributed by atoms with van der Waals surface area (Å²) in [6.07, 6.45) is 0. The van der Waals surface area contributed by atoms with Crippen molar-refractivity contribution in [3.05, 3.63) is 57.6 Å². The molecule has 2 aromatic rings. The third kappa shape index (κ3) is 3.19. The van der Waals surface area contributed by atoms with E-state index in [1.54, 1.807) is 24.3 Å². The van der Waals surface area contributed by atoms with Crippen molar-refractivity contribution in [1.82, 2.24) is 0 Å². The molecule has 0 spiro atoms. The van der Waals surface area contributed by atoms with E-state index in [2.05, 4.69) is 5.32 Å². The van der Waals surface area contributed by atoms with Crippen LogP contribution in [0, 0.1) is 6.92 Å². The number of aromatic carboxylic acids is 1. The highest BCUT2D eigenvalue weighted by Crippen LogP contribution is 2.28. The molecule has 0 atom stereocenters. The van der Waals surface area contributed by atoms with E-state index in [1.807, 2.05) is 13.0 Å². The fourth-order valence-electron chi connectivity index (χ4n) is 1.68. The molecule has 19 heavy (non-hydrogen) atoms. The molecule has 0 saturated heterocycles. The zero-order chi connectivity index (χ0) is 14.0. The first-order valence-electron chi connectivity index (χ1n) is 5.53. The normalized spacial score (nSPS) is 10.3. The number of carbonyl (C=O) groups is 1. The van der Waals surface area contributed by atoms with Gasteiger partial charge in [-0.15, -0.1) is 0 Å². The topological polar surface area (TPSA) is 49.3 Å². The number of carboxylic acids is 1. The Morgan fingerprint density at radius 3 is 2.37 bits per heavy atom. The second kappa shape index (κ2) is 5.51. The van der Waals surface area contributed by atoms with Crippen LogP contribution in [0.15, 0.2) is 36.4 Å². The van der Waals surface area contributed by atoms with Crippen molar-refractivity contribution in [3.63, 3.8) is 0 Å². The summed E-state index contributed by atoms with van der Waals surface area (Å²) in [6.45, 7) is 1.91. The SMILES string of the molecule is Cc1ccc(Cl)cc1Nc1ccc(Cl)cc1C(=O)O. The van der Waals surface area contributed by atoms with E-state index in [0.717, 1.165) is 11.3 Å². The summed E-state index contributed by atoms with van der Waals surface area (Å²) in [7, 11) is 0. The van der Waals surface area contributed by atoms with E-state index in [9.17, 15) is 4.79 Å². The Kier molecular flexibility index (Phi) is 3.98. The summed E-state index contributed by atoms with van der Waals surface area (Å²) in [5.41, 5.74) is 2.32. The van der Waals surface area contributed by atoms with Gasteiger partial charge in [0, 0.05) is 15.7 Å². The first kappa shape index (κ1) is 13.7. The minimum Gasteiger partial charge on any atom is -0.478 e. The second-order valence-electron chi connectivity index (χ2n) is 4.08. The molecule has 0 aliphatic heterocycles. The first-order valence-corrected chi connectivity index (χ1v) is 6.29. The number of rotatable bonds is 3. The van der Waals surface area contributed by atoms with Crippen LogP contribution in [0.3, 0.4) is 0 Å². The lowest BCUT2D eigenvalue weighted by molar-refractivity contribution is 0.0698. The smallest absolute Gasteiger partial charge is 0.337 e. The number of halogens is 2. The third-order valence-electron chi connectivity index (χ3n) is 2.68. The summed E-state index contributed by atoms with van der Waals surface area (Å²) in [5, 5.41) is 13.2. The standard InChI is InChI=1S/C14H11Cl2NO2/c1-8-2-3-10(16)7-13(8)17-12-5-4-9(15)6-11(12)14(18)19/h2-7,17H,1H3,(H,18,19). The molecule has 0 saturated carbocycles. The average Bonchev–Trinajstić information content (AvgIpc) is 2.35. The molecule has 0 aromatic heterocycles. The molecule has 0 bridgehead atoms. The predicted octanol–water partition coefficient (Wildman–Crippen LogP) is 4.74. The van der Waals surface area contributed by atoms with E-state index >= 15 is 0 Å². The molecule has 98 valence electrons. The number of aryl methyl sites for hydroxylation is 1. The number of hydrogen-bond donors (Lipinski definition) is 2. The van der Waals surface area contributed by atoms with Crippen LogP contribution < -0.4 is 5.32 Å². The van der Waals surface area contributed by atoms with Gasteiger partial charge in [-0.25, -0.2) is 4.79 Å². The molecule has 0 aliphatic rings. The molecule has 0 aliphatic carbocycles. The molecule has 5 heteroatoms. The van der Waals surface area contributed by atoms with Crippen molar-refractivity contribution in [2.45, 2.75) is 6.92 Å². The average molecular weight is 296 g/mol. The largest absolute Gasteiger partial charge is 0.478 e. The monoisotopic (exact) mass is 295 g/mol. The summed E-state index contributed by atoms with van der Waals surface area (Å²) in [6, 6.07) is 10.1. The van der Waals surface area contributed by atoms with E-state index in [-0.39, 0.29) is 5.56 Å². The van der Waals surface area contributed by atoms with E-state index < -0.39 is 5.97 Å². The molecule has 2 N–H and O–H groups in total. The Bertz CT molecular complexity index is 641. The zero-order valence-electron chi connectivity index (χ0n) is 10.1. The Morgan fingerprint density at radius 2 is 1.68 bits per heavy atom. The first-order chi connectivity index (χ1) is 8.97. The van der Waals surface area contributed by atoms with Crippen LogP contribution in [0.2, 0.25) is 10.0 Å². The second-order valence-corrected chi connectivity index (χ2v) is 4.95. The van der Waals surface area contributed by atoms with Crippen molar-refractivity contribution >= 4 is 40.5 Å². The van der Waals surface area contributed by atoms with Crippen LogP contribution in [-0.4, -0.2) is 11.1 Å². The molecule has 0 fully saturated rings. The van der Waals surface area contributed by atoms with Crippen molar-refractivity contribution in [2.75, 3.05) is 5.32 Å². The fraction of sp³-hybridized carbons (Fsp3) is 0.0714. The lowest BCUT2D eigenvalue weighted by Gasteiger charge is -2.12. The number of hydrogen-bond acceptors (Lipinski definition) is 2. The Hall–Kier alpha value is -1.71. The molecule has 3 nitrogen and oxygen atoms in total. The number of carboxylic acid groups (broad SMARTS) is 1. The molecular weight excluding hydrogens is 285 g/mol. The van der Waals surface area contributed by atoms with Crippen molar-refractivity contribution in [1.29, 1.82) is 0 Å². The molecule has 0 unspecified atom stereocenters. The van der Waals surface area contributed by atoms with Gasteiger partial charge in [0.15, 0.2) is 0 Å². The predicted molar refractivity (Wildman–Crippen MR) is 77.9 cm³/mol. The van der Waals surface area contributed by atoms with Crippen LogP contribution in [0.5, 0.6) is 0 Å². The van der Waals surface area contributed by atoms with Gasteiger partial charge in [-0.3, -0.25) is 0 Å². The maximum Gasteiger partial charge on any atom is 0.337 e. The Morgan fingerprint density at radius 1 is 1.05 bits per heavy atom. The molecular formula is C14H11Cl2NO2. The molecule has 0 heterocycles. The lowest BCUT2D eigenvalue weighted by atomic mass is 10.1. The maximum atomic E-state index is 11.2. The van der Waals surface area contributed by atoms with Gasteiger partial charge in [-0.05, 0) is 42.8 Å². The van der Waals surface area contributed by atoms with E-state index in [1.165, 1.54) is 6.07 Å². The van der Waals surface area contributed by atoms with Crippen molar-refractivity contribution in [3.8, 4) is 0 Å². The summed E-state index contributed by atoms with van der Waals surface area (Å²) < 4.78 is 0. The summed E-state index contributed by atoms with van der Waals surface area (Å²) in [4.78, 5) is 11.2.